The van der Waals surface area contributed by atoms with Crippen LogP contribution in [-0.4, -0.2) is 28.1 Å². The van der Waals surface area contributed by atoms with Gasteiger partial charge >= 0.3 is 66.9 Å². The molecule has 0 N–H and O–H groups in total. The van der Waals surface area contributed by atoms with Crippen LogP contribution >= 0.6 is 0 Å². The molecule has 0 amide bonds. The van der Waals surface area contributed by atoms with Crippen LogP contribution in [0.5, 0.6) is 0 Å². The van der Waals surface area contributed by atoms with Crippen LogP contribution in [0.25, 0.3) is 0 Å². The van der Waals surface area contributed by atoms with Gasteiger partial charge in [-0.2, -0.15) is 0 Å². The summed E-state index contributed by atoms with van der Waals surface area (Å²) in [4.78, 5) is 0. The second-order valence-electron chi connectivity index (χ2n) is 2.03. The summed E-state index contributed by atoms with van der Waals surface area (Å²) in [5.74, 6) is 0. The first kappa shape index (κ1) is 9.56. The molecule has 0 aliphatic carbocycles. The number of hydrogen-bond donors (Lipinski definition) is 0. The van der Waals surface area contributed by atoms with Crippen molar-refractivity contribution in [1.82, 2.24) is 0 Å². The van der Waals surface area contributed by atoms with Gasteiger partial charge in [-0.1, -0.05) is 0 Å². The van der Waals surface area contributed by atoms with Gasteiger partial charge in [-0.25, -0.2) is 0 Å². The molecule has 9 heavy (non-hydrogen) atoms. The molecule has 0 fully saturated rings. The van der Waals surface area contributed by atoms with Gasteiger partial charge in [0.25, 0.3) is 0 Å². The second kappa shape index (κ2) is 8.56. The molecular weight excluding hydrogens is 223 g/mol. The SMILES string of the molecule is CCCCCC[O][SnH]=[O]. The van der Waals surface area contributed by atoms with Crippen LogP contribution in [0.4, 0.5) is 0 Å². The molecular formula is C6H14O2Sn. The van der Waals surface area contributed by atoms with E-state index in [1.54, 1.807) is 0 Å². The second-order valence-corrected chi connectivity index (χ2v) is 3.53. The Labute approximate surface area is 67.1 Å². The predicted octanol–water partition coefficient (Wildman–Crippen LogP) is 1.28. The van der Waals surface area contributed by atoms with Crippen molar-refractivity contribution in [3.05, 3.63) is 0 Å². The van der Waals surface area contributed by atoms with E-state index in [2.05, 4.69) is 6.92 Å². The molecule has 0 atom stereocenters. The van der Waals surface area contributed by atoms with Crippen LogP contribution in [0.3, 0.4) is 0 Å². The van der Waals surface area contributed by atoms with Crippen molar-refractivity contribution in [2.24, 2.45) is 0 Å². The van der Waals surface area contributed by atoms with Crippen molar-refractivity contribution in [1.29, 1.82) is 0 Å². The van der Waals surface area contributed by atoms with Crippen LogP contribution < -0.4 is 0 Å². The van der Waals surface area contributed by atoms with Gasteiger partial charge in [0, 0.05) is 0 Å². The minimum atomic E-state index is -1.73. The summed E-state index contributed by atoms with van der Waals surface area (Å²) in [6.07, 6.45) is 4.83. The molecule has 0 saturated heterocycles. The maximum atomic E-state index is 9.93. The van der Waals surface area contributed by atoms with Crippen molar-refractivity contribution >= 4 is 21.5 Å². The van der Waals surface area contributed by atoms with E-state index in [-0.39, 0.29) is 0 Å². The summed E-state index contributed by atoms with van der Waals surface area (Å²) >= 11 is -1.73. The third-order valence-corrected chi connectivity index (χ3v) is 2.24. The number of hydrogen-bond acceptors (Lipinski definition) is 2. The molecule has 0 radical (unpaired) electrons. The Kier molecular flexibility index (Phi) is 9.09. The molecule has 0 aliphatic heterocycles. The summed E-state index contributed by atoms with van der Waals surface area (Å²) in [7, 11) is 0. The monoisotopic (exact) mass is 238 g/mol. The Bertz CT molecular complexity index is 66.1. The van der Waals surface area contributed by atoms with E-state index in [0.717, 1.165) is 13.0 Å². The number of rotatable bonds is 6. The van der Waals surface area contributed by atoms with Crippen molar-refractivity contribution in [2.75, 3.05) is 6.61 Å². The van der Waals surface area contributed by atoms with E-state index in [0.29, 0.717) is 0 Å². The standard InChI is InChI=1S/C6H13O.O.Sn.H/c1-2-3-4-5-6-7;;;/h2-6H2,1H3;;;/q-1;;+1;. The summed E-state index contributed by atoms with van der Waals surface area (Å²) in [6, 6.07) is 0. The fourth-order valence-corrected chi connectivity index (χ4v) is 1.41. The summed E-state index contributed by atoms with van der Waals surface area (Å²) in [6.45, 7) is 2.90. The van der Waals surface area contributed by atoms with E-state index in [4.69, 9.17) is 3.07 Å². The zero-order chi connectivity index (χ0) is 6.95. The molecule has 0 unspecified atom stereocenters. The van der Waals surface area contributed by atoms with E-state index >= 15 is 0 Å². The zero-order valence-corrected chi connectivity index (χ0v) is 9.23. The molecule has 0 spiro atoms. The van der Waals surface area contributed by atoms with Gasteiger partial charge < -0.3 is 0 Å². The van der Waals surface area contributed by atoms with Crippen molar-refractivity contribution in [2.45, 2.75) is 32.6 Å². The molecule has 0 bridgehead atoms. The van der Waals surface area contributed by atoms with Gasteiger partial charge in [-0.3, -0.25) is 0 Å². The predicted molar refractivity (Wildman–Crippen MR) is 37.9 cm³/mol. The van der Waals surface area contributed by atoms with Crippen molar-refractivity contribution < 1.29 is 6.15 Å². The van der Waals surface area contributed by atoms with Gasteiger partial charge in [-0.05, 0) is 0 Å². The van der Waals surface area contributed by atoms with Crippen LogP contribution in [0.2, 0.25) is 0 Å². The average Bonchev–Trinajstić information content (AvgIpc) is 1.89. The molecule has 0 aromatic rings. The molecule has 3 heteroatoms. The molecule has 54 valence electrons. The van der Waals surface area contributed by atoms with Crippen LogP contribution in [0, 0.1) is 0 Å². The third-order valence-electron chi connectivity index (χ3n) is 1.18. The quantitative estimate of drug-likeness (QED) is 0.513. The minimum absolute atomic E-state index is 0.727. The first-order valence-electron chi connectivity index (χ1n) is 3.47. The summed E-state index contributed by atoms with van der Waals surface area (Å²) in [5, 5.41) is 0. The van der Waals surface area contributed by atoms with Crippen LogP contribution in [0.15, 0.2) is 0 Å². The van der Waals surface area contributed by atoms with Gasteiger partial charge in [0.05, 0.1) is 0 Å². The Morgan fingerprint density at radius 1 is 1.33 bits per heavy atom. The fourth-order valence-electron chi connectivity index (χ4n) is 0.660. The van der Waals surface area contributed by atoms with E-state index in [1.807, 2.05) is 0 Å². The normalized spacial score (nSPS) is 9.44. The van der Waals surface area contributed by atoms with Gasteiger partial charge in [0.1, 0.15) is 0 Å². The molecule has 0 aromatic carbocycles. The van der Waals surface area contributed by atoms with Crippen LogP contribution in [0.1, 0.15) is 32.6 Å². The van der Waals surface area contributed by atoms with Gasteiger partial charge in [0.2, 0.25) is 0 Å². The Morgan fingerprint density at radius 3 is 2.67 bits per heavy atom. The molecule has 0 saturated carbocycles. The van der Waals surface area contributed by atoms with Gasteiger partial charge in [0.15, 0.2) is 0 Å². The van der Waals surface area contributed by atoms with Crippen molar-refractivity contribution in [3.8, 4) is 0 Å². The number of unbranched alkanes of at least 4 members (excludes halogenated alkanes) is 3. The summed E-state index contributed by atoms with van der Waals surface area (Å²) in [5.41, 5.74) is 0. The average molecular weight is 237 g/mol. The first-order valence-corrected chi connectivity index (χ1v) is 6.16. The van der Waals surface area contributed by atoms with Crippen LogP contribution in [-0.2, 0) is 6.15 Å². The van der Waals surface area contributed by atoms with E-state index in [9.17, 15) is 3.08 Å². The van der Waals surface area contributed by atoms with E-state index in [1.165, 1.54) is 19.3 Å². The fraction of sp³-hybridized carbons (Fsp3) is 1.00. The zero-order valence-electron chi connectivity index (χ0n) is 5.93. The molecule has 0 heterocycles. The van der Waals surface area contributed by atoms with Gasteiger partial charge in [-0.15, -0.1) is 0 Å². The molecule has 2 nitrogen and oxygen atoms in total. The first-order chi connectivity index (χ1) is 4.41. The molecule has 0 aromatic heterocycles. The van der Waals surface area contributed by atoms with E-state index < -0.39 is 21.5 Å². The molecule has 0 rings (SSSR count). The Hall–Kier alpha value is 0.559. The Morgan fingerprint density at radius 2 is 2.11 bits per heavy atom. The summed E-state index contributed by atoms with van der Waals surface area (Å²) < 4.78 is 14.7. The third kappa shape index (κ3) is 8.56. The maximum absolute atomic E-state index is 9.93. The Balaban J connectivity index is 2.66. The van der Waals surface area contributed by atoms with Crippen molar-refractivity contribution in [3.63, 3.8) is 0 Å². The molecule has 0 aliphatic rings. The topological polar surface area (TPSA) is 26.3 Å².